The fraction of sp³-hybridized carbons (Fsp3) is 0.438. The Morgan fingerprint density at radius 2 is 2.05 bits per heavy atom. The standard InChI is InChI=1S/C16H23N3O/c1-4-20-10-16(11(2)3)19-15-6-5-14(17)13-9-18-8-7-12(13)15/h5-9,11,16,19H,4,10,17H2,1-3H3. The van der Waals surface area contributed by atoms with E-state index in [1.54, 1.807) is 6.20 Å². The van der Waals surface area contributed by atoms with Gasteiger partial charge in [0.1, 0.15) is 0 Å². The molecule has 0 spiro atoms. The van der Waals surface area contributed by atoms with Crippen molar-refractivity contribution in [2.24, 2.45) is 5.92 Å². The SMILES string of the molecule is CCOCC(Nc1ccc(N)c2cnccc12)C(C)C. The summed E-state index contributed by atoms with van der Waals surface area (Å²) in [6, 6.07) is 6.21. The third-order valence-electron chi connectivity index (χ3n) is 3.50. The summed E-state index contributed by atoms with van der Waals surface area (Å²) in [7, 11) is 0. The maximum absolute atomic E-state index is 6.00. The number of nitrogen functional groups attached to an aromatic ring is 1. The summed E-state index contributed by atoms with van der Waals surface area (Å²) in [5.74, 6) is 0.482. The lowest BCUT2D eigenvalue weighted by molar-refractivity contribution is 0.127. The predicted octanol–water partition coefficient (Wildman–Crippen LogP) is 3.29. The Hall–Kier alpha value is -1.81. The van der Waals surface area contributed by atoms with Gasteiger partial charge in [0.2, 0.25) is 0 Å². The van der Waals surface area contributed by atoms with Crippen LogP contribution in [0.4, 0.5) is 11.4 Å². The van der Waals surface area contributed by atoms with E-state index in [1.165, 1.54) is 0 Å². The number of aromatic nitrogens is 1. The molecule has 0 radical (unpaired) electrons. The molecular formula is C16H23N3O. The third kappa shape index (κ3) is 3.20. The number of anilines is 2. The van der Waals surface area contributed by atoms with Crippen LogP contribution in [-0.4, -0.2) is 24.2 Å². The van der Waals surface area contributed by atoms with Crippen LogP contribution in [0.2, 0.25) is 0 Å². The Morgan fingerprint density at radius 3 is 2.75 bits per heavy atom. The highest BCUT2D eigenvalue weighted by Crippen LogP contribution is 2.28. The second-order valence-electron chi connectivity index (χ2n) is 5.28. The molecule has 0 fully saturated rings. The van der Waals surface area contributed by atoms with E-state index in [2.05, 4.69) is 24.1 Å². The van der Waals surface area contributed by atoms with E-state index in [9.17, 15) is 0 Å². The molecule has 2 aromatic rings. The molecule has 0 aliphatic rings. The van der Waals surface area contributed by atoms with Gasteiger partial charge >= 0.3 is 0 Å². The Labute approximate surface area is 120 Å². The van der Waals surface area contributed by atoms with Gasteiger partial charge < -0.3 is 15.8 Å². The molecule has 4 nitrogen and oxygen atoms in total. The number of nitrogens with one attached hydrogen (secondary N) is 1. The zero-order chi connectivity index (χ0) is 14.5. The number of fused-ring (bicyclic) bond motifs is 1. The van der Waals surface area contributed by atoms with Gasteiger partial charge in [-0.2, -0.15) is 0 Å². The first-order valence-electron chi connectivity index (χ1n) is 7.10. The minimum atomic E-state index is 0.273. The number of pyridine rings is 1. The summed E-state index contributed by atoms with van der Waals surface area (Å²) in [5, 5.41) is 5.66. The molecule has 0 saturated carbocycles. The molecule has 0 saturated heterocycles. The van der Waals surface area contributed by atoms with E-state index in [1.807, 2.05) is 31.3 Å². The van der Waals surface area contributed by atoms with Crippen molar-refractivity contribution in [3.63, 3.8) is 0 Å². The smallest absolute Gasteiger partial charge is 0.0670 e. The molecule has 1 atom stereocenters. The second kappa shape index (κ2) is 6.57. The molecule has 3 N–H and O–H groups in total. The number of ether oxygens (including phenoxy) is 1. The van der Waals surface area contributed by atoms with E-state index in [4.69, 9.17) is 10.5 Å². The van der Waals surface area contributed by atoms with E-state index in [-0.39, 0.29) is 6.04 Å². The minimum absolute atomic E-state index is 0.273. The minimum Gasteiger partial charge on any atom is -0.398 e. The van der Waals surface area contributed by atoms with E-state index >= 15 is 0 Å². The number of nitrogens with zero attached hydrogens (tertiary/aromatic N) is 1. The first-order chi connectivity index (χ1) is 9.63. The summed E-state index contributed by atoms with van der Waals surface area (Å²) in [6.07, 6.45) is 3.60. The molecule has 1 aromatic heterocycles. The predicted molar refractivity (Wildman–Crippen MR) is 84.9 cm³/mol. The quantitative estimate of drug-likeness (QED) is 0.793. The summed E-state index contributed by atoms with van der Waals surface area (Å²) >= 11 is 0. The normalized spacial score (nSPS) is 12.8. The van der Waals surface area contributed by atoms with Gasteiger partial charge in [-0.25, -0.2) is 0 Å². The van der Waals surface area contributed by atoms with Gasteiger partial charge in [0.15, 0.2) is 0 Å². The summed E-state index contributed by atoms with van der Waals surface area (Å²) in [4.78, 5) is 4.15. The molecule has 1 aromatic carbocycles. The lowest BCUT2D eigenvalue weighted by atomic mass is 10.0. The van der Waals surface area contributed by atoms with Gasteiger partial charge in [0.25, 0.3) is 0 Å². The van der Waals surface area contributed by atoms with Crippen LogP contribution in [0.1, 0.15) is 20.8 Å². The summed E-state index contributed by atoms with van der Waals surface area (Å²) in [6.45, 7) is 7.83. The highest BCUT2D eigenvalue weighted by Gasteiger charge is 2.15. The van der Waals surface area contributed by atoms with Crippen LogP contribution >= 0.6 is 0 Å². The summed E-state index contributed by atoms with van der Waals surface area (Å²) in [5.41, 5.74) is 7.84. The van der Waals surface area contributed by atoms with Crippen LogP contribution in [0.15, 0.2) is 30.6 Å². The van der Waals surface area contributed by atoms with Gasteiger partial charge in [0, 0.05) is 41.1 Å². The second-order valence-corrected chi connectivity index (χ2v) is 5.28. The molecule has 0 bridgehead atoms. The van der Waals surface area contributed by atoms with Gasteiger partial charge in [-0.15, -0.1) is 0 Å². The largest absolute Gasteiger partial charge is 0.398 e. The lowest BCUT2D eigenvalue weighted by Crippen LogP contribution is -2.31. The molecule has 108 valence electrons. The Bertz CT molecular complexity index is 569. The molecule has 2 rings (SSSR count). The third-order valence-corrected chi connectivity index (χ3v) is 3.50. The van der Waals surface area contributed by atoms with Crippen molar-refractivity contribution in [2.45, 2.75) is 26.8 Å². The molecule has 20 heavy (non-hydrogen) atoms. The number of rotatable bonds is 6. The number of benzene rings is 1. The Morgan fingerprint density at radius 1 is 1.25 bits per heavy atom. The molecule has 0 amide bonds. The van der Waals surface area contributed by atoms with Gasteiger partial charge in [-0.05, 0) is 31.0 Å². The topological polar surface area (TPSA) is 60.2 Å². The lowest BCUT2D eigenvalue weighted by Gasteiger charge is -2.24. The Balaban J connectivity index is 2.30. The highest BCUT2D eigenvalue weighted by molar-refractivity contribution is 6.00. The van der Waals surface area contributed by atoms with Gasteiger partial charge in [0.05, 0.1) is 12.6 Å². The van der Waals surface area contributed by atoms with E-state index in [0.29, 0.717) is 12.5 Å². The molecule has 1 heterocycles. The van der Waals surface area contributed by atoms with Crippen molar-refractivity contribution in [3.05, 3.63) is 30.6 Å². The average Bonchev–Trinajstić information content (AvgIpc) is 2.45. The van der Waals surface area contributed by atoms with Crippen LogP contribution < -0.4 is 11.1 Å². The molecule has 0 aliphatic heterocycles. The van der Waals surface area contributed by atoms with Crippen LogP contribution in [-0.2, 0) is 4.74 Å². The first kappa shape index (κ1) is 14.6. The summed E-state index contributed by atoms with van der Waals surface area (Å²) < 4.78 is 5.57. The van der Waals surface area contributed by atoms with E-state index < -0.39 is 0 Å². The van der Waals surface area contributed by atoms with Crippen LogP contribution in [0.3, 0.4) is 0 Å². The number of hydrogen-bond donors (Lipinski definition) is 2. The van der Waals surface area contributed by atoms with Crippen molar-refractivity contribution in [2.75, 3.05) is 24.3 Å². The zero-order valence-electron chi connectivity index (χ0n) is 12.4. The fourth-order valence-electron chi connectivity index (χ4n) is 2.18. The maximum Gasteiger partial charge on any atom is 0.0670 e. The molecular weight excluding hydrogens is 250 g/mol. The van der Waals surface area contributed by atoms with Gasteiger partial charge in [-0.3, -0.25) is 4.98 Å². The van der Waals surface area contributed by atoms with Crippen LogP contribution in [0.5, 0.6) is 0 Å². The molecule has 4 heteroatoms. The zero-order valence-corrected chi connectivity index (χ0v) is 12.4. The number of nitrogens with two attached hydrogens (primary N) is 1. The monoisotopic (exact) mass is 273 g/mol. The van der Waals surface area contributed by atoms with Crippen molar-refractivity contribution in [1.29, 1.82) is 0 Å². The van der Waals surface area contributed by atoms with Crippen LogP contribution in [0, 0.1) is 5.92 Å². The van der Waals surface area contributed by atoms with Crippen molar-refractivity contribution >= 4 is 22.1 Å². The van der Waals surface area contributed by atoms with Crippen molar-refractivity contribution in [1.82, 2.24) is 4.98 Å². The molecule has 0 aliphatic carbocycles. The van der Waals surface area contributed by atoms with Gasteiger partial charge in [-0.1, -0.05) is 13.8 Å². The average molecular weight is 273 g/mol. The van der Waals surface area contributed by atoms with Crippen molar-refractivity contribution in [3.8, 4) is 0 Å². The fourth-order valence-corrected chi connectivity index (χ4v) is 2.18. The maximum atomic E-state index is 6.00. The van der Waals surface area contributed by atoms with Crippen LogP contribution in [0.25, 0.3) is 10.8 Å². The van der Waals surface area contributed by atoms with Crippen molar-refractivity contribution < 1.29 is 4.74 Å². The highest BCUT2D eigenvalue weighted by atomic mass is 16.5. The molecule has 1 unspecified atom stereocenters. The number of hydrogen-bond acceptors (Lipinski definition) is 4. The van der Waals surface area contributed by atoms with E-state index in [0.717, 1.165) is 28.8 Å². The Kier molecular flexibility index (Phi) is 4.79. The first-order valence-corrected chi connectivity index (χ1v) is 7.10.